The van der Waals surface area contributed by atoms with Crippen molar-refractivity contribution >= 4 is 28.3 Å². The molecule has 0 spiro atoms. The zero-order valence-electron chi connectivity index (χ0n) is 19.1. The van der Waals surface area contributed by atoms with Gasteiger partial charge in [-0.15, -0.1) is 0 Å². The molecule has 0 saturated carbocycles. The molecule has 1 atom stereocenters. The van der Waals surface area contributed by atoms with Crippen molar-refractivity contribution in [3.8, 4) is 0 Å². The predicted octanol–water partition coefficient (Wildman–Crippen LogP) is 4.33. The fourth-order valence-electron chi connectivity index (χ4n) is 4.46. The van der Waals surface area contributed by atoms with Gasteiger partial charge in [0, 0.05) is 46.0 Å². The van der Waals surface area contributed by atoms with Crippen molar-refractivity contribution in [2.75, 3.05) is 38.7 Å². The van der Waals surface area contributed by atoms with E-state index in [1.54, 1.807) is 0 Å². The highest BCUT2D eigenvalue weighted by Crippen LogP contribution is 2.29. The smallest absolute Gasteiger partial charge is 0.255 e. The highest BCUT2D eigenvalue weighted by atomic mass is 16.5. The lowest BCUT2D eigenvalue weighted by atomic mass is 9.88. The number of hydrogen-bond donors (Lipinski definition) is 2. The van der Waals surface area contributed by atoms with Crippen LogP contribution in [0, 0.1) is 0 Å². The number of rotatable bonds is 4. The molecule has 3 aliphatic rings. The van der Waals surface area contributed by atoms with Crippen molar-refractivity contribution in [3.05, 3.63) is 78.3 Å². The van der Waals surface area contributed by atoms with Gasteiger partial charge in [0.25, 0.3) is 5.91 Å². The lowest BCUT2D eigenvalue weighted by Crippen LogP contribution is -2.51. The summed E-state index contributed by atoms with van der Waals surface area (Å²) in [7, 11) is 1.98. The van der Waals surface area contributed by atoms with Gasteiger partial charge in [-0.2, -0.15) is 0 Å². The number of hydrogen-bond acceptors (Lipinski definition) is 5. The van der Waals surface area contributed by atoms with Crippen LogP contribution in [-0.4, -0.2) is 64.6 Å². The van der Waals surface area contributed by atoms with E-state index in [4.69, 9.17) is 9.72 Å². The van der Waals surface area contributed by atoms with Gasteiger partial charge in [-0.3, -0.25) is 9.69 Å². The number of fused-ring (bicyclic) bond motifs is 1. The van der Waals surface area contributed by atoms with E-state index in [1.807, 2.05) is 60.7 Å². The summed E-state index contributed by atoms with van der Waals surface area (Å²) in [6.07, 6.45) is 12.8. The van der Waals surface area contributed by atoms with Crippen molar-refractivity contribution < 1.29 is 12.4 Å². The second-order valence-electron chi connectivity index (χ2n) is 8.96. The van der Waals surface area contributed by atoms with Crippen LogP contribution < -0.4 is 5.32 Å². The maximum atomic E-state index is 12.9. The molecular formula is C26H33N5O2. The number of nitrogens with zero attached hydrogens (tertiary/aromatic N) is 3. The van der Waals surface area contributed by atoms with Gasteiger partial charge in [-0.05, 0) is 49.3 Å². The summed E-state index contributed by atoms with van der Waals surface area (Å²) in [6, 6.07) is 5.72. The number of aromatic nitrogens is 2. The number of ether oxygens (including phenoxy) is 1. The summed E-state index contributed by atoms with van der Waals surface area (Å²) in [5, 5.41) is 3.03. The third-order valence-corrected chi connectivity index (χ3v) is 6.55. The third-order valence-electron chi connectivity index (χ3n) is 6.55. The molecular weight excluding hydrogens is 414 g/mol. The van der Waals surface area contributed by atoms with Gasteiger partial charge in [-0.1, -0.05) is 24.8 Å². The van der Waals surface area contributed by atoms with Crippen LogP contribution in [-0.2, 0) is 9.53 Å². The Morgan fingerprint density at radius 3 is 2.88 bits per heavy atom. The highest BCUT2D eigenvalue weighted by Gasteiger charge is 2.32. The van der Waals surface area contributed by atoms with E-state index < -0.39 is 0 Å². The minimum Gasteiger partial charge on any atom is -0.379 e. The van der Waals surface area contributed by atoms with Crippen LogP contribution in [0.1, 0.15) is 22.0 Å². The van der Waals surface area contributed by atoms with Gasteiger partial charge in [0.2, 0.25) is 0 Å². The first-order chi connectivity index (χ1) is 15.9. The first-order valence-electron chi connectivity index (χ1n) is 11.3. The summed E-state index contributed by atoms with van der Waals surface area (Å²) >= 11 is 0. The first kappa shape index (κ1) is 21.4. The number of anilines is 1. The largest absolute Gasteiger partial charge is 0.379 e. The number of amides is 1. The molecule has 1 unspecified atom stereocenters. The Balaban J connectivity index is 0.00000171. The molecule has 1 amide bonds. The number of H-pyrrole nitrogens is 1. The summed E-state index contributed by atoms with van der Waals surface area (Å²) in [6.45, 7) is 9.58. The van der Waals surface area contributed by atoms with Crippen molar-refractivity contribution in [2.45, 2.75) is 18.9 Å². The molecule has 1 aromatic heterocycles. The van der Waals surface area contributed by atoms with Gasteiger partial charge in [0.05, 0.1) is 29.9 Å². The van der Waals surface area contributed by atoms with Crippen LogP contribution in [0.3, 0.4) is 0 Å². The molecule has 2 aliphatic heterocycles. The normalized spacial score (nSPS) is 23.6. The van der Waals surface area contributed by atoms with Gasteiger partial charge < -0.3 is 19.9 Å². The number of morpholine rings is 1. The topological polar surface area (TPSA) is 73.5 Å². The van der Waals surface area contributed by atoms with E-state index in [9.17, 15) is 4.79 Å². The molecule has 2 aromatic rings. The van der Waals surface area contributed by atoms with Crippen molar-refractivity contribution in [1.82, 2.24) is 19.8 Å². The van der Waals surface area contributed by atoms with Crippen molar-refractivity contribution in [1.29, 1.82) is 0 Å². The fourth-order valence-corrected chi connectivity index (χ4v) is 4.46. The highest BCUT2D eigenvalue weighted by molar-refractivity contribution is 6.06. The maximum Gasteiger partial charge on any atom is 0.255 e. The predicted molar refractivity (Wildman–Crippen MR) is 136 cm³/mol. The molecule has 7 nitrogen and oxygen atoms in total. The average Bonchev–Trinajstić information content (AvgIpc) is 3.25. The van der Waals surface area contributed by atoms with Crippen molar-refractivity contribution in [2.24, 2.45) is 0 Å². The van der Waals surface area contributed by atoms with Crippen LogP contribution in [0.2, 0.25) is 0 Å². The molecule has 1 aromatic carbocycles. The minimum absolute atomic E-state index is 0. The number of imidazole rings is 1. The van der Waals surface area contributed by atoms with Crippen molar-refractivity contribution in [3.63, 3.8) is 0 Å². The van der Waals surface area contributed by atoms with E-state index >= 15 is 0 Å². The molecule has 1 fully saturated rings. The number of benzene rings is 1. The Bertz CT molecular complexity index is 1240. The van der Waals surface area contributed by atoms with E-state index in [0.717, 1.165) is 66.5 Å². The molecule has 3 heterocycles. The molecule has 7 heteroatoms. The zero-order valence-corrected chi connectivity index (χ0v) is 19.1. The van der Waals surface area contributed by atoms with Crippen LogP contribution in [0.25, 0.3) is 16.7 Å². The Kier molecular flexibility index (Phi) is 5.52. The summed E-state index contributed by atoms with van der Waals surface area (Å²) < 4.78 is 5.47. The molecule has 0 radical (unpaired) electrons. The Labute approximate surface area is 196 Å². The number of allylic oxidation sites excluding steroid dienone is 3. The van der Waals surface area contributed by atoms with Crippen LogP contribution in [0.15, 0.2) is 72.5 Å². The zero-order chi connectivity index (χ0) is 23.0. The molecule has 33 heavy (non-hydrogen) atoms. The SMILES string of the molecule is C=C1C=CN(C)C(c2nc3ccc(NC(=O)C4=CCC(C)(N5CCOCC5)C=C4)cc3[nH]2)=C1.[HH].[HH]. The minimum atomic E-state index is -0.106. The quantitative estimate of drug-likeness (QED) is 0.730. The van der Waals surface area contributed by atoms with E-state index in [1.165, 1.54) is 0 Å². The number of carbonyl (C=O) groups is 1. The number of carbonyl (C=O) groups excluding carboxylic acids is 1. The molecule has 5 rings (SSSR count). The van der Waals surface area contributed by atoms with Gasteiger partial charge in [0.1, 0.15) is 0 Å². The van der Waals surface area contributed by atoms with Crippen LogP contribution in [0.4, 0.5) is 5.69 Å². The Hall–Kier alpha value is -3.42. The van der Waals surface area contributed by atoms with Gasteiger partial charge in [-0.25, -0.2) is 4.98 Å². The molecule has 2 N–H and O–H groups in total. The summed E-state index contributed by atoms with van der Waals surface area (Å²) in [4.78, 5) is 25.4. The van der Waals surface area contributed by atoms with E-state index in [0.29, 0.717) is 5.57 Å². The lowest BCUT2D eigenvalue weighted by molar-refractivity contribution is -0.112. The monoisotopic (exact) mass is 447 g/mol. The van der Waals surface area contributed by atoms with E-state index in [-0.39, 0.29) is 14.3 Å². The lowest BCUT2D eigenvalue weighted by Gasteiger charge is -2.42. The fraction of sp³-hybridized carbons (Fsp3) is 0.308. The molecule has 1 saturated heterocycles. The standard InChI is InChI=1S/C26H29N5O2.2H2/c1-18-8-11-30(3)23(16-18)24-28-21-5-4-20(17-22(21)29-24)27-25(32)19-6-9-26(2,10-7-19)31-12-14-33-15-13-31;;/h4-9,11,16-17H,1,10,12-15H2,2-3H3,(H,27,32)(H,28,29);2*1H. The number of aromatic amines is 1. The summed E-state index contributed by atoms with van der Waals surface area (Å²) in [5.41, 5.74) is 4.93. The Morgan fingerprint density at radius 2 is 2.12 bits per heavy atom. The second kappa shape index (κ2) is 8.50. The number of nitrogens with one attached hydrogen (secondary N) is 2. The van der Waals surface area contributed by atoms with Gasteiger partial charge in [0.15, 0.2) is 5.82 Å². The third kappa shape index (κ3) is 4.29. The first-order valence-corrected chi connectivity index (χ1v) is 11.3. The summed E-state index contributed by atoms with van der Waals surface area (Å²) in [5.74, 6) is 0.660. The maximum absolute atomic E-state index is 12.9. The molecule has 1 aliphatic carbocycles. The molecule has 0 bridgehead atoms. The Morgan fingerprint density at radius 1 is 1.30 bits per heavy atom. The molecule has 174 valence electrons. The van der Waals surface area contributed by atoms with Crippen LogP contribution >= 0.6 is 0 Å². The average molecular weight is 448 g/mol. The van der Waals surface area contributed by atoms with E-state index in [2.05, 4.69) is 34.8 Å². The van der Waals surface area contributed by atoms with Crippen LogP contribution in [0.5, 0.6) is 0 Å². The second-order valence-corrected chi connectivity index (χ2v) is 8.96. The van der Waals surface area contributed by atoms with Gasteiger partial charge >= 0.3 is 0 Å².